The summed E-state index contributed by atoms with van der Waals surface area (Å²) in [6, 6.07) is 16.5. The highest BCUT2D eigenvalue weighted by molar-refractivity contribution is 6.33. The first-order valence-corrected chi connectivity index (χ1v) is 11.1. The number of carbonyl (C=O) groups is 1. The lowest BCUT2D eigenvalue weighted by atomic mass is 10.1. The number of nitrogens with one attached hydrogen (secondary N) is 1. The van der Waals surface area contributed by atoms with Gasteiger partial charge in [0.2, 0.25) is 5.91 Å². The average Bonchev–Trinajstić information content (AvgIpc) is 3.15. The molecule has 1 N–H and O–H groups in total. The molecule has 0 aliphatic rings. The molecule has 0 saturated heterocycles. The van der Waals surface area contributed by atoms with E-state index in [1.807, 2.05) is 37.3 Å². The van der Waals surface area contributed by atoms with Crippen LogP contribution in [0.15, 0.2) is 64.2 Å². The van der Waals surface area contributed by atoms with Gasteiger partial charge in [0.25, 0.3) is 5.56 Å². The lowest BCUT2D eigenvalue weighted by Crippen LogP contribution is -2.42. The molecule has 1 amide bonds. The van der Waals surface area contributed by atoms with Crippen molar-refractivity contribution in [1.82, 2.24) is 18.9 Å². The second kappa shape index (κ2) is 9.46. The summed E-state index contributed by atoms with van der Waals surface area (Å²) < 4.78 is 4.09. The zero-order valence-electron chi connectivity index (χ0n) is 18.4. The van der Waals surface area contributed by atoms with Crippen molar-refractivity contribution in [3.8, 4) is 0 Å². The van der Waals surface area contributed by atoms with E-state index in [0.717, 1.165) is 5.56 Å². The van der Waals surface area contributed by atoms with Crippen molar-refractivity contribution in [1.29, 1.82) is 0 Å². The van der Waals surface area contributed by atoms with E-state index < -0.39 is 17.2 Å². The molecule has 0 saturated carbocycles. The van der Waals surface area contributed by atoms with Crippen LogP contribution in [0.1, 0.15) is 18.2 Å². The van der Waals surface area contributed by atoms with Crippen molar-refractivity contribution in [3.63, 3.8) is 0 Å². The standard InChI is InChI=1S/C24H24ClN5O3/c1-3-30-22-21(16(2)27-30)29(15-20(31)26-19-12-8-7-11-18(19)25)24(33)28(23(22)32)14-13-17-9-5-4-6-10-17/h4-12H,3,13-15H2,1-2H3,(H,26,31). The summed E-state index contributed by atoms with van der Waals surface area (Å²) in [4.78, 5) is 39.6. The highest BCUT2D eigenvalue weighted by atomic mass is 35.5. The minimum atomic E-state index is -0.545. The van der Waals surface area contributed by atoms with Gasteiger partial charge < -0.3 is 5.32 Å². The first-order valence-electron chi connectivity index (χ1n) is 10.7. The van der Waals surface area contributed by atoms with Crippen molar-refractivity contribution in [2.24, 2.45) is 0 Å². The van der Waals surface area contributed by atoms with Gasteiger partial charge >= 0.3 is 5.69 Å². The van der Waals surface area contributed by atoms with Crippen LogP contribution in [0.5, 0.6) is 0 Å². The molecule has 2 heterocycles. The molecule has 8 nitrogen and oxygen atoms in total. The number of halogens is 1. The molecule has 0 radical (unpaired) electrons. The number of aryl methyl sites for hydroxylation is 3. The van der Waals surface area contributed by atoms with Gasteiger partial charge in [-0.1, -0.05) is 54.1 Å². The summed E-state index contributed by atoms with van der Waals surface area (Å²) in [5.74, 6) is -0.427. The second-order valence-corrected chi connectivity index (χ2v) is 8.09. The molecule has 170 valence electrons. The van der Waals surface area contributed by atoms with Gasteiger partial charge in [-0.2, -0.15) is 5.10 Å². The van der Waals surface area contributed by atoms with E-state index in [1.54, 1.807) is 35.9 Å². The maximum absolute atomic E-state index is 13.4. The van der Waals surface area contributed by atoms with Crippen molar-refractivity contribution in [2.45, 2.75) is 39.9 Å². The summed E-state index contributed by atoms with van der Waals surface area (Å²) >= 11 is 6.15. The maximum atomic E-state index is 13.4. The van der Waals surface area contributed by atoms with Gasteiger partial charge in [0, 0.05) is 13.1 Å². The topological polar surface area (TPSA) is 90.9 Å². The van der Waals surface area contributed by atoms with E-state index in [4.69, 9.17) is 11.6 Å². The molecule has 4 aromatic rings. The highest BCUT2D eigenvalue weighted by Crippen LogP contribution is 2.20. The van der Waals surface area contributed by atoms with E-state index in [0.29, 0.717) is 40.4 Å². The number of aromatic nitrogens is 4. The Labute approximate surface area is 195 Å². The lowest BCUT2D eigenvalue weighted by Gasteiger charge is -2.14. The van der Waals surface area contributed by atoms with Gasteiger partial charge in [0.15, 0.2) is 5.52 Å². The molecule has 33 heavy (non-hydrogen) atoms. The molecule has 4 rings (SSSR count). The third-order valence-electron chi connectivity index (χ3n) is 5.49. The van der Waals surface area contributed by atoms with E-state index in [1.165, 1.54) is 9.13 Å². The molecular formula is C24H24ClN5O3. The Morgan fingerprint density at radius 1 is 1.00 bits per heavy atom. The van der Waals surface area contributed by atoms with Gasteiger partial charge in [-0.25, -0.2) is 4.79 Å². The number of amides is 1. The van der Waals surface area contributed by atoms with E-state index >= 15 is 0 Å². The van der Waals surface area contributed by atoms with Crippen LogP contribution in [-0.2, 0) is 30.8 Å². The lowest BCUT2D eigenvalue weighted by molar-refractivity contribution is -0.116. The van der Waals surface area contributed by atoms with Gasteiger partial charge in [0.1, 0.15) is 12.1 Å². The summed E-state index contributed by atoms with van der Waals surface area (Å²) in [7, 11) is 0. The summed E-state index contributed by atoms with van der Waals surface area (Å²) in [6.45, 7) is 3.98. The molecule has 0 bridgehead atoms. The van der Waals surface area contributed by atoms with Gasteiger partial charge in [0.05, 0.1) is 16.4 Å². The molecule has 0 fully saturated rings. The Kier molecular flexibility index (Phi) is 6.46. The second-order valence-electron chi connectivity index (χ2n) is 7.69. The molecule has 0 spiro atoms. The molecule has 9 heteroatoms. The van der Waals surface area contributed by atoms with Crippen LogP contribution in [0.2, 0.25) is 5.02 Å². The molecule has 2 aromatic carbocycles. The fraction of sp³-hybridized carbons (Fsp3) is 0.250. The van der Waals surface area contributed by atoms with Crippen LogP contribution < -0.4 is 16.6 Å². The number of carbonyl (C=O) groups excluding carboxylic acids is 1. The number of nitrogens with zero attached hydrogens (tertiary/aromatic N) is 4. The minimum absolute atomic E-state index is 0.192. The largest absolute Gasteiger partial charge is 0.332 e. The number of para-hydroxylation sites is 1. The van der Waals surface area contributed by atoms with Crippen LogP contribution in [0, 0.1) is 6.92 Å². The number of benzene rings is 2. The molecular weight excluding hydrogens is 442 g/mol. The van der Waals surface area contributed by atoms with Crippen molar-refractivity contribution < 1.29 is 4.79 Å². The first kappa shape index (κ1) is 22.5. The van der Waals surface area contributed by atoms with Crippen molar-refractivity contribution in [3.05, 3.63) is 91.7 Å². The van der Waals surface area contributed by atoms with Crippen LogP contribution in [-0.4, -0.2) is 24.8 Å². The SMILES string of the molecule is CCn1nc(C)c2c1c(=O)n(CCc1ccccc1)c(=O)n2CC(=O)Nc1ccccc1Cl. The Balaban J connectivity index is 1.78. The number of hydrogen-bond acceptors (Lipinski definition) is 4. The Morgan fingerprint density at radius 2 is 1.70 bits per heavy atom. The molecule has 0 atom stereocenters. The van der Waals surface area contributed by atoms with Crippen LogP contribution in [0.25, 0.3) is 11.0 Å². The van der Waals surface area contributed by atoms with Gasteiger partial charge in [-0.3, -0.25) is 23.4 Å². The Bertz CT molecular complexity index is 1440. The molecule has 0 unspecified atom stereocenters. The number of fused-ring (bicyclic) bond motifs is 1. The van der Waals surface area contributed by atoms with Gasteiger partial charge in [-0.15, -0.1) is 0 Å². The first-order chi connectivity index (χ1) is 15.9. The normalized spacial score (nSPS) is 11.1. The Morgan fingerprint density at radius 3 is 2.39 bits per heavy atom. The summed E-state index contributed by atoms with van der Waals surface area (Å²) in [6.07, 6.45) is 0.507. The number of anilines is 1. The van der Waals surface area contributed by atoms with Crippen LogP contribution in [0.4, 0.5) is 5.69 Å². The predicted molar refractivity (Wildman–Crippen MR) is 129 cm³/mol. The molecule has 0 aliphatic heterocycles. The van der Waals surface area contributed by atoms with Gasteiger partial charge in [-0.05, 0) is 38.0 Å². The van der Waals surface area contributed by atoms with Crippen molar-refractivity contribution in [2.75, 3.05) is 5.32 Å². The number of rotatable bonds is 7. The smallest absolute Gasteiger partial charge is 0.323 e. The predicted octanol–water partition coefficient (Wildman–Crippen LogP) is 3.22. The fourth-order valence-electron chi connectivity index (χ4n) is 3.92. The third kappa shape index (κ3) is 4.47. The minimum Gasteiger partial charge on any atom is -0.323 e. The molecule has 0 aliphatic carbocycles. The monoisotopic (exact) mass is 465 g/mol. The van der Waals surface area contributed by atoms with E-state index in [-0.39, 0.29) is 13.1 Å². The van der Waals surface area contributed by atoms with Crippen LogP contribution >= 0.6 is 11.6 Å². The zero-order valence-corrected chi connectivity index (χ0v) is 19.2. The average molecular weight is 466 g/mol. The summed E-state index contributed by atoms with van der Waals surface area (Å²) in [5, 5.41) is 7.56. The quantitative estimate of drug-likeness (QED) is 0.453. The zero-order chi connectivity index (χ0) is 23.5. The number of hydrogen-bond donors (Lipinski definition) is 1. The van der Waals surface area contributed by atoms with E-state index in [9.17, 15) is 14.4 Å². The summed E-state index contributed by atoms with van der Waals surface area (Å²) in [5.41, 5.74) is 1.71. The fourth-order valence-corrected chi connectivity index (χ4v) is 4.10. The maximum Gasteiger partial charge on any atom is 0.332 e. The van der Waals surface area contributed by atoms with Crippen molar-refractivity contribution >= 4 is 34.2 Å². The Hall–Kier alpha value is -3.65. The van der Waals surface area contributed by atoms with E-state index in [2.05, 4.69) is 10.4 Å². The highest BCUT2D eigenvalue weighted by Gasteiger charge is 2.21. The molecule has 2 aromatic heterocycles. The van der Waals surface area contributed by atoms with Crippen LogP contribution in [0.3, 0.4) is 0 Å². The third-order valence-corrected chi connectivity index (χ3v) is 5.82.